The van der Waals surface area contributed by atoms with E-state index < -0.39 is 26.6 Å². The largest absolute Gasteiger partial charge is 0.350 e. The highest BCUT2D eigenvalue weighted by Gasteiger charge is 2.28. The van der Waals surface area contributed by atoms with Crippen LogP contribution in [0, 0.1) is 5.82 Å². The van der Waals surface area contributed by atoms with Crippen LogP contribution in [-0.2, 0) is 21.4 Å². The van der Waals surface area contributed by atoms with Crippen molar-refractivity contribution in [3.63, 3.8) is 0 Å². The van der Waals surface area contributed by atoms with Gasteiger partial charge in [-0.15, -0.1) is 11.3 Å². The van der Waals surface area contributed by atoms with E-state index in [-0.39, 0.29) is 18.1 Å². The SMILES string of the molecule is CCN(CC(=O)NCc1cccs1)S(=O)(=O)c1ccc(Cl)cc1F. The number of carbonyl (C=O) groups excluding carboxylic acids is 1. The Morgan fingerprint density at radius 1 is 1.38 bits per heavy atom. The summed E-state index contributed by atoms with van der Waals surface area (Å²) in [5, 5.41) is 4.63. The molecule has 1 N–H and O–H groups in total. The normalized spacial score (nSPS) is 11.7. The zero-order valence-corrected chi connectivity index (χ0v) is 15.2. The number of amides is 1. The van der Waals surface area contributed by atoms with Crippen LogP contribution >= 0.6 is 22.9 Å². The Morgan fingerprint density at radius 3 is 2.71 bits per heavy atom. The molecule has 24 heavy (non-hydrogen) atoms. The van der Waals surface area contributed by atoms with Crippen molar-refractivity contribution in [3.8, 4) is 0 Å². The summed E-state index contributed by atoms with van der Waals surface area (Å²) in [4.78, 5) is 12.5. The van der Waals surface area contributed by atoms with Crippen molar-refractivity contribution in [2.45, 2.75) is 18.4 Å². The van der Waals surface area contributed by atoms with Gasteiger partial charge in [0.05, 0.1) is 13.1 Å². The van der Waals surface area contributed by atoms with E-state index in [0.29, 0.717) is 6.54 Å². The van der Waals surface area contributed by atoms with E-state index in [2.05, 4.69) is 5.32 Å². The van der Waals surface area contributed by atoms with E-state index in [1.165, 1.54) is 17.4 Å². The van der Waals surface area contributed by atoms with E-state index in [0.717, 1.165) is 21.3 Å². The fraction of sp³-hybridized carbons (Fsp3) is 0.267. The van der Waals surface area contributed by atoms with Crippen molar-refractivity contribution in [1.29, 1.82) is 0 Å². The van der Waals surface area contributed by atoms with Gasteiger partial charge < -0.3 is 5.32 Å². The van der Waals surface area contributed by atoms with Gasteiger partial charge in [0.25, 0.3) is 0 Å². The van der Waals surface area contributed by atoms with Gasteiger partial charge >= 0.3 is 0 Å². The van der Waals surface area contributed by atoms with Gasteiger partial charge in [-0.1, -0.05) is 24.6 Å². The molecule has 0 saturated heterocycles. The molecule has 2 rings (SSSR count). The molecule has 1 aromatic heterocycles. The number of rotatable bonds is 7. The second-order valence-electron chi connectivity index (χ2n) is 4.86. The van der Waals surface area contributed by atoms with Gasteiger partial charge in [-0.25, -0.2) is 12.8 Å². The van der Waals surface area contributed by atoms with Crippen LogP contribution in [-0.4, -0.2) is 31.7 Å². The van der Waals surface area contributed by atoms with Gasteiger partial charge in [0.2, 0.25) is 15.9 Å². The van der Waals surface area contributed by atoms with Crippen LogP contribution in [0.3, 0.4) is 0 Å². The zero-order valence-electron chi connectivity index (χ0n) is 12.8. The molecule has 130 valence electrons. The minimum atomic E-state index is -4.12. The maximum Gasteiger partial charge on any atom is 0.246 e. The molecule has 0 unspecified atom stereocenters. The summed E-state index contributed by atoms with van der Waals surface area (Å²) in [5.41, 5.74) is 0. The van der Waals surface area contributed by atoms with Gasteiger partial charge in [-0.2, -0.15) is 4.31 Å². The molecule has 0 aliphatic heterocycles. The predicted octanol–water partition coefficient (Wildman–Crippen LogP) is 2.87. The lowest BCUT2D eigenvalue weighted by atomic mass is 10.3. The Morgan fingerprint density at radius 2 is 2.12 bits per heavy atom. The molecule has 0 atom stereocenters. The molecule has 2 aromatic rings. The Labute approximate surface area is 149 Å². The smallest absolute Gasteiger partial charge is 0.246 e. The Balaban J connectivity index is 2.10. The first-order chi connectivity index (χ1) is 11.3. The van der Waals surface area contributed by atoms with Crippen molar-refractivity contribution in [3.05, 3.63) is 51.4 Å². The number of sulfonamides is 1. The van der Waals surface area contributed by atoms with E-state index in [1.807, 2.05) is 17.5 Å². The minimum absolute atomic E-state index is 0.0385. The molecular formula is C15H16ClFN2O3S2. The number of benzene rings is 1. The van der Waals surface area contributed by atoms with Crippen LogP contribution in [0.4, 0.5) is 4.39 Å². The number of likely N-dealkylation sites (N-methyl/N-ethyl adjacent to an activating group) is 1. The average Bonchev–Trinajstić information content (AvgIpc) is 3.03. The molecule has 0 saturated carbocycles. The molecule has 1 aromatic carbocycles. The van der Waals surface area contributed by atoms with Crippen molar-refractivity contribution >= 4 is 38.9 Å². The van der Waals surface area contributed by atoms with Gasteiger partial charge in [0.15, 0.2) is 0 Å². The first-order valence-corrected chi connectivity index (χ1v) is 9.78. The monoisotopic (exact) mass is 390 g/mol. The molecule has 5 nitrogen and oxygen atoms in total. The highest BCUT2D eigenvalue weighted by molar-refractivity contribution is 7.89. The molecule has 1 heterocycles. The second-order valence-corrected chi connectivity index (χ2v) is 8.24. The number of nitrogens with zero attached hydrogens (tertiary/aromatic N) is 1. The number of carbonyl (C=O) groups is 1. The molecule has 0 radical (unpaired) electrons. The third kappa shape index (κ3) is 4.54. The van der Waals surface area contributed by atoms with Gasteiger partial charge in [-0.05, 0) is 29.6 Å². The third-order valence-electron chi connectivity index (χ3n) is 3.22. The number of nitrogens with one attached hydrogen (secondary N) is 1. The van der Waals surface area contributed by atoms with E-state index in [9.17, 15) is 17.6 Å². The fourth-order valence-corrected chi connectivity index (χ4v) is 4.26. The lowest BCUT2D eigenvalue weighted by Gasteiger charge is -2.20. The van der Waals surface area contributed by atoms with Gasteiger partial charge in [-0.3, -0.25) is 4.79 Å². The molecule has 0 fully saturated rings. The van der Waals surface area contributed by atoms with Crippen molar-refractivity contribution in [1.82, 2.24) is 9.62 Å². The predicted molar refractivity (Wildman–Crippen MR) is 92.0 cm³/mol. The van der Waals surface area contributed by atoms with Crippen molar-refractivity contribution in [2.24, 2.45) is 0 Å². The van der Waals surface area contributed by atoms with Crippen LogP contribution in [0.2, 0.25) is 5.02 Å². The summed E-state index contributed by atoms with van der Waals surface area (Å²) in [7, 11) is -4.12. The summed E-state index contributed by atoms with van der Waals surface area (Å²) in [6.45, 7) is 1.56. The molecule has 0 bridgehead atoms. The molecule has 0 spiro atoms. The summed E-state index contributed by atoms with van der Waals surface area (Å²) in [6, 6.07) is 7.04. The molecule has 0 aliphatic rings. The van der Waals surface area contributed by atoms with Crippen molar-refractivity contribution < 1.29 is 17.6 Å². The number of hydrogen-bond acceptors (Lipinski definition) is 4. The van der Waals surface area contributed by atoms with Gasteiger partial charge in [0, 0.05) is 16.4 Å². The van der Waals surface area contributed by atoms with Crippen LogP contribution in [0.15, 0.2) is 40.6 Å². The Hall–Kier alpha value is -1.48. The Kier molecular flexibility index (Phi) is 6.34. The van der Waals surface area contributed by atoms with E-state index in [4.69, 9.17) is 11.6 Å². The van der Waals surface area contributed by atoms with Crippen LogP contribution < -0.4 is 5.32 Å². The summed E-state index contributed by atoms with van der Waals surface area (Å²) in [6.07, 6.45) is 0. The molecule has 9 heteroatoms. The Bertz CT molecular complexity index is 810. The standard InChI is InChI=1S/C15H16ClFN2O3S2/c1-2-19(10-15(20)18-9-12-4-3-7-23-12)24(21,22)14-6-5-11(16)8-13(14)17/h3-8H,2,9-10H2,1H3,(H,18,20). The highest BCUT2D eigenvalue weighted by atomic mass is 35.5. The lowest BCUT2D eigenvalue weighted by molar-refractivity contribution is -0.121. The van der Waals surface area contributed by atoms with E-state index in [1.54, 1.807) is 6.92 Å². The molecule has 0 aliphatic carbocycles. The summed E-state index contributed by atoms with van der Waals surface area (Å²) in [5.74, 6) is -1.40. The minimum Gasteiger partial charge on any atom is -0.350 e. The molecule has 1 amide bonds. The van der Waals surface area contributed by atoms with E-state index >= 15 is 0 Å². The fourth-order valence-electron chi connectivity index (χ4n) is 2.01. The lowest BCUT2D eigenvalue weighted by Crippen LogP contribution is -2.40. The number of hydrogen-bond donors (Lipinski definition) is 1. The highest BCUT2D eigenvalue weighted by Crippen LogP contribution is 2.22. The number of thiophene rings is 1. The van der Waals surface area contributed by atoms with Crippen LogP contribution in [0.5, 0.6) is 0 Å². The summed E-state index contributed by atoms with van der Waals surface area (Å²) >= 11 is 7.13. The topological polar surface area (TPSA) is 66.5 Å². The quantitative estimate of drug-likeness (QED) is 0.790. The number of halogens is 2. The zero-order chi connectivity index (χ0) is 17.7. The molecular weight excluding hydrogens is 375 g/mol. The van der Waals surface area contributed by atoms with Crippen LogP contribution in [0.1, 0.15) is 11.8 Å². The second kappa shape index (κ2) is 8.06. The maximum absolute atomic E-state index is 13.9. The first kappa shape index (κ1) is 18.9. The summed E-state index contributed by atoms with van der Waals surface area (Å²) < 4.78 is 39.9. The first-order valence-electron chi connectivity index (χ1n) is 7.09. The maximum atomic E-state index is 13.9. The third-order valence-corrected chi connectivity index (χ3v) is 6.29. The van der Waals surface area contributed by atoms with Crippen molar-refractivity contribution in [2.75, 3.05) is 13.1 Å². The van der Waals surface area contributed by atoms with Crippen LogP contribution in [0.25, 0.3) is 0 Å². The average molecular weight is 391 g/mol. The van der Waals surface area contributed by atoms with Gasteiger partial charge in [0.1, 0.15) is 10.7 Å².